The van der Waals surface area contributed by atoms with Crippen molar-refractivity contribution >= 4 is 11.6 Å². The lowest BCUT2D eigenvalue weighted by Crippen LogP contribution is -2.35. The average Bonchev–Trinajstić information content (AvgIpc) is 2.33. The molecule has 0 amide bonds. The van der Waals surface area contributed by atoms with Crippen molar-refractivity contribution in [3.8, 4) is 5.75 Å². The molecule has 1 atom stereocenters. The predicted molar refractivity (Wildman–Crippen MR) is 62.4 cm³/mol. The molecule has 1 heterocycles. The second-order valence-electron chi connectivity index (χ2n) is 4.33. The van der Waals surface area contributed by atoms with Crippen molar-refractivity contribution in [1.82, 2.24) is 5.32 Å². The predicted octanol–water partition coefficient (Wildman–Crippen LogP) is 3.01. The summed E-state index contributed by atoms with van der Waals surface area (Å²) in [6, 6.07) is 0.867. The quantitative estimate of drug-likeness (QED) is 0.802. The molecule has 0 aliphatic carbocycles. The molecule has 0 spiro atoms. The second kappa shape index (κ2) is 5.19. The maximum atomic E-state index is 13.7. The van der Waals surface area contributed by atoms with Crippen molar-refractivity contribution in [3.05, 3.63) is 28.3 Å². The zero-order valence-electron chi connectivity index (χ0n) is 9.27. The number of piperidine rings is 1. The van der Waals surface area contributed by atoms with Crippen molar-refractivity contribution in [2.45, 2.75) is 31.7 Å². The van der Waals surface area contributed by atoms with Crippen molar-refractivity contribution in [2.24, 2.45) is 0 Å². The van der Waals surface area contributed by atoms with Gasteiger partial charge in [-0.3, -0.25) is 0 Å². The van der Waals surface area contributed by atoms with Gasteiger partial charge in [0.2, 0.25) is 0 Å². The molecule has 5 heteroatoms. The Kier molecular flexibility index (Phi) is 3.84. The van der Waals surface area contributed by atoms with Gasteiger partial charge in [-0.2, -0.15) is 0 Å². The Morgan fingerprint density at radius 2 is 2.18 bits per heavy atom. The van der Waals surface area contributed by atoms with E-state index in [9.17, 15) is 13.9 Å². The van der Waals surface area contributed by atoms with E-state index in [1.165, 1.54) is 0 Å². The maximum absolute atomic E-state index is 13.7. The first-order valence-corrected chi connectivity index (χ1v) is 6.06. The molecule has 1 saturated heterocycles. The minimum absolute atomic E-state index is 0.0330. The number of nitrogens with one attached hydrogen (secondary N) is 1. The third-order valence-corrected chi connectivity index (χ3v) is 3.38. The largest absolute Gasteiger partial charge is 0.505 e. The van der Waals surface area contributed by atoms with Gasteiger partial charge in [0.05, 0.1) is 5.02 Å². The number of aromatic hydroxyl groups is 1. The number of phenols is 1. The van der Waals surface area contributed by atoms with Crippen LogP contribution in [0.1, 0.15) is 24.8 Å². The highest BCUT2D eigenvalue weighted by molar-refractivity contribution is 6.30. The summed E-state index contributed by atoms with van der Waals surface area (Å²) in [4.78, 5) is 0. The molecule has 0 aromatic heterocycles. The molecule has 17 heavy (non-hydrogen) atoms. The molecule has 1 unspecified atom stereocenters. The zero-order chi connectivity index (χ0) is 12.4. The molecule has 1 aromatic carbocycles. The van der Waals surface area contributed by atoms with Crippen LogP contribution in [0, 0.1) is 11.6 Å². The van der Waals surface area contributed by atoms with Crippen LogP contribution in [0.3, 0.4) is 0 Å². The first-order valence-electron chi connectivity index (χ1n) is 5.68. The van der Waals surface area contributed by atoms with Gasteiger partial charge in [-0.15, -0.1) is 0 Å². The number of phenolic OH excluding ortho intramolecular Hbond substituents is 1. The summed E-state index contributed by atoms with van der Waals surface area (Å²) in [5.74, 6) is -2.22. The van der Waals surface area contributed by atoms with Crippen LogP contribution in [0.15, 0.2) is 6.07 Å². The molecule has 0 radical (unpaired) electrons. The van der Waals surface area contributed by atoms with E-state index in [1.54, 1.807) is 0 Å². The van der Waals surface area contributed by atoms with E-state index in [1.807, 2.05) is 0 Å². The van der Waals surface area contributed by atoms with E-state index in [4.69, 9.17) is 11.6 Å². The van der Waals surface area contributed by atoms with Crippen molar-refractivity contribution < 1.29 is 13.9 Å². The van der Waals surface area contributed by atoms with E-state index in [0.29, 0.717) is 0 Å². The van der Waals surface area contributed by atoms with Gasteiger partial charge in [0, 0.05) is 11.6 Å². The summed E-state index contributed by atoms with van der Waals surface area (Å²) in [6.07, 6.45) is 3.31. The highest BCUT2D eigenvalue weighted by atomic mass is 35.5. The van der Waals surface area contributed by atoms with Gasteiger partial charge >= 0.3 is 0 Å². The summed E-state index contributed by atoms with van der Waals surface area (Å²) in [6.45, 7) is 0.871. The van der Waals surface area contributed by atoms with Crippen LogP contribution in [0.2, 0.25) is 5.02 Å². The molecule has 94 valence electrons. The van der Waals surface area contributed by atoms with E-state index < -0.39 is 17.4 Å². The smallest absolute Gasteiger partial charge is 0.166 e. The van der Waals surface area contributed by atoms with E-state index in [2.05, 4.69) is 5.32 Å². The average molecular weight is 262 g/mol. The Morgan fingerprint density at radius 1 is 1.41 bits per heavy atom. The highest BCUT2D eigenvalue weighted by Gasteiger charge is 2.21. The molecule has 2 N–H and O–H groups in total. The van der Waals surface area contributed by atoms with Crippen molar-refractivity contribution in [3.63, 3.8) is 0 Å². The molecule has 2 nitrogen and oxygen atoms in total. The number of hydrogen-bond acceptors (Lipinski definition) is 2. The minimum Gasteiger partial charge on any atom is -0.505 e. The van der Waals surface area contributed by atoms with Gasteiger partial charge in [-0.1, -0.05) is 18.0 Å². The Hall–Kier alpha value is -0.870. The van der Waals surface area contributed by atoms with Crippen LogP contribution in [-0.2, 0) is 6.42 Å². The monoisotopic (exact) mass is 261 g/mol. The molecule has 0 bridgehead atoms. The summed E-state index contributed by atoms with van der Waals surface area (Å²) < 4.78 is 27.0. The van der Waals surface area contributed by atoms with Gasteiger partial charge in [-0.25, -0.2) is 8.78 Å². The van der Waals surface area contributed by atoms with Crippen molar-refractivity contribution in [2.75, 3.05) is 6.54 Å². The number of hydrogen-bond donors (Lipinski definition) is 2. The lowest BCUT2D eigenvalue weighted by molar-refractivity contribution is 0.377. The number of rotatable bonds is 2. The first kappa shape index (κ1) is 12.6. The third kappa shape index (κ3) is 2.69. The second-order valence-corrected chi connectivity index (χ2v) is 4.74. The number of halogens is 3. The maximum Gasteiger partial charge on any atom is 0.166 e. The summed E-state index contributed by atoms with van der Waals surface area (Å²) in [5, 5.41) is 12.5. The van der Waals surface area contributed by atoms with E-state index in [-0.39, 0.29) is 23.0 Å². The lowest BCUT2D eigenvalue weighted by Gasteiger charge is -2.24. The number of benzene rings is 1. The van der Waals surface area contributed by atoms with Gasteiger partial charge in [0.1, 0.15) is 5.82 Å². The summed E-state index contributed by atoms with van der Waals surface area (Å²) >= 11 is 5.56. The Bertz CT molecular complexity index is 393. The fraction of sp³-hybridized carbons (Fsp3) is 0.500. The van der Waals surface area contributed by atoms with Gasteiger partial charge in [0.25, 0.3) is 0 Å². The molecule has 1 aliphatic heterocycles. The normalized spacial score (nSPS) is 20.5. The highest BCUT2D eigenvalue weighted by Crippen LogP contribution is 2.31. The molecule has 1 fully saturated rings. The first-order chi connectivity index (χ1) is 8.09. The van der Waals surface area contributed by atoms with E-state index in [0.717, 1.165) is 31.9 Å². The van der Waals surface area contributed by atoms with Crippen molar-refractivity contribution in [1.29, 1.82) is 0 Å². The Morgan fingerprint density at radius 3 is 2.82 bits per heavy atom. The molecular formula is C12H14ClF2NO. The third-order valence-electron chi connectivity index (χ3n) is 3.10. The van der Waals surface area contributed by atoms with Gasteiger partial charge in [-0.05, 0) is 31.9 Å². The molecule has 1 aliphatic rings. The van der Waals surface area contributed by atoms with Crippen LogP contribution in [0.5, 0.6) is 5.75 Å². The molecular weight excluding hydrogens is 248 g/mol. The molecule has 2 rings (SSSR count). The SMILES string of the molecule is Oc1c(F)cc(Cl)c(F)c1CC1CCCCN1. The summed E-state index contributed by atoms with van der Waals surface area (Å²) in [5.41, 5.74) is -0.0330. The Balaban J connectivity index is 2.24. The van der Waals surface area contributed by atoms with Crippen LogP contribution in [0.25, 0.3) is 0 Å². The minimum atomic E-state index is -0.873. The van der Waals surface area contributed by atoms with Crippen LogP contribution < -0.4 is 5.32 Å². The fourth-order valence-corrected chi connectivity index (χ4v) is 2.38. The molecule has 1 aromatic rings. The van der Waals surface area contributed by atoms with Crippen LogP contribution >= 0.6 is 11.6 Å². The lowest BCUT2D eigenvalue weighted by atomic mass is 9.97. The van der Waals surface area contributed by atoms with Crippen LogP contribution in [-0.4, -0.2) is 17.7 Å². The topological polar surface area (TPSA) is 32.3 Å². The van der Waals surface area contributed by atoms with Gasteiger partial charge < -0.3 is 10.4 Å². The summed E-state index contributed by atoms with van der Waals surface area (Å²) in [7, 11) is 0. The fourth-order valence-electron chi connectivity index (χ4n) is 2.17. The van der Waals surface area contributed by atoms with Crippen LogP contribution in [0.4, 0.5) is 8.78 Å². The van der Waals surface area contributed by atoms with Gasteiger partial charge in [0.15, 0.2) is 11.6 Å². The van der Waals surface area contributed by atoms with E-state index >= 15 is 0 Å². The Labute approximate surface area is 104 Å². The standard InChI is InChI=1S/C12H14ClF2NO/c13-9-6-10(14)12(17)8(11(9)15)5-7-3-1-2-4-16-7/h6-7,16-17H,1-5H2. The zero-order valence-corrected chi connectivity index (χ0v) is 10.0. The molecule has 0 saturated carbocycles.